The number of hydrogen-bond donors (Lipinski definition) is 0. The van der Waals surface area contributed by atoms with Gasteiger partial charge in [0.1, 0.15) is 17.1 Å². The van der Waals surface area contributed by atoms with E-state index < -0.39 is 5.60 Å². The van der Waals surface area contributed by atoms with Crippen molar-refractivity contribution in [3.8, 4) is 11.5 Å². The molecule has 1 spiro atoms. The third-order valence-electron chi connectivity index (χ3n) is 5.52. The first-order chi connectivity index (χ1) is 13.1. The number of hydrogen-bond acceptors (Lipinski definition) is 4. The molecule has 2 aromatic rings. The molecule has 2 aliphatic heterocycles. The summed E-state index contributed by atoms with van der Waals surface area (Å²) in [7, 11) is 1.58. The molecule has 0 bridgehead atoms. The average Bonchev–Trinajstić information content (AvgIpc) is 2.69. The maximum Gasteiger partial charge on any atom is 0.226 e. The number of likely N-dealkylation sites (tertiary alicyclic amines) is 1. The summed E-state index contributed by atoms with van der Waals surface area (Å²) in [4.78, 5) is 27.1. The molecular formula is C22H23NO4. The Morgan fingerprint density at radius 3 is 2.59 bits per heavy atom. The number of benzene rings is 2. The van der Waals surface area contributed by atoms with E-state index in [0.29, 0.717) is 55.8 Å². The zero-order valence-electron chi connectivity index (χ0n) is 15.4. The van der Waals surface area contributed by atoms with Crippen LogP contribution in [0.25, 0.3) is 0 Å². The molecular weight excluding hydrogens is 342 g/mol. The van der Waals surface area contributed by atoms with E-state index in [0.717, 1.165) is 5.56 Å². The van der Waals surface area contributed by atoms with Crippen LogP contribution in [-0.4, -0.2) is 42.4 Å². The van der Waals surface area contributed by atoms with E-state index in [2.05, 4.69) is 0 Å². The molecule has 5 nitrogen and oxygen atoms in total. The van der Waals surface area contributed by atoms with Gasteiger partial charge in [0, 0.05) is 25.9 Å². The highest BCUT2D eigenvalue weighted by molar-refractivity contribution is 6.00. The number of carbonyl (C=O) groups is 2. The Balaban J connectivity index is 1.42. The van der Waals surface area contributed by atoms with E-state index in [1.807, 2.05) is 41.3 Å². The molecule has 5 heteroatoms. The van der Waals surface area contributed by atoms with Gasteiger partial charge in [-0.05, 0) is 23.8 Å². The summed E-state index contributed by atoms with van der Waals surface area (Å²) in [6, 6.07) is 15.1. The van der Waals surface area contributed by atoms with Gasteiger partial charge >= 0.3 is 0 Å². The van der Waals surface area contributed by atoms with E-state index in [1.165, 1.54) is 0 Å². The molecule has 1 fully saturated rings. The van der Waals surface area contributed by atoms with Gasteiger partial charge in [-0.25, -0.2) is 0 Å². The van der Waals surface area contributed by atoms with Crippen LogP contribution < -0.4 is 9.47 Å². The van der Waals surface area contributed by atoms with Crippen molar-refractivity contribution in [2.75, 3.05) is 20.2 Å². The second kappa shape index (κ2) is 7.06. The number of carbonyl (C=O) groups excluding carboxylic acids is 2. The molecule has 0 unspecified atom stereocenters. The van der Waals surface area contributed by atoms with E-state index in [1.54, 1.807) is 19.2 Å². The number of rotatable bonds is 3. The van der Waals surface area contributed by atoms with Gasteiger partial charge in [-0.15, -0.1) is 0 Å². The van der Waals surface area contributed by atoms with Gasteiger partial charge < -0.3 is 14.4 Å². The number of Topliss-reactive ketones (excluding diaryl/α,β-unsaturated/α-hetero) is 1. The monoisotopic (exact) mass is 365 g/mol. The topological polar surface area (TPSA) is 55.8 Å². The Labute approximate surface area is 158 Å². The zero-order chi connectivity index (χ0) is 18.9. The number of ether oxygens (including phenoxy) is 2. The number of nitrogens with zero attached hydrogens (tertiary/aromatic N) is 1. The molecule has 1 saturated heterocycles. The number of ketones is 1. The summed E-state index contributed by atoms with van der Waals surface area (Å²) in [6.07, 6.45) is 2.11. The molecule has 0 aromatic heterocycles. The van der Waals surface area contributed by atoms with Crippen LogP contribution in [0.1, 0.15) is 35.2 Å². The van der Waals surface area contributed by atoms with Gasteiger partial charge in [0.15, 0.2) is 5.78 Å². The lowest BCUT2D eigenvalue weighted by molar-refractivity contribution is -0.134. The van der Waals surface area contributed by atoms with Crippen LogP contribution in [0.2, 0.25) is 0 Å². The van der Waals surface area contributed by atoms with E-state index >= 15 is 0 Å². The van der Waals surface area contributed by atoms with Crippen molar-refractivity contribution in [3.05, 3.63) is 59.7 Å². The maximum absolute atomic E-state index is 12.7. The van der Waals surface area contributed by atoms with Crippen LogP contribution in [0.5, 0.6) is 11.5 Å². The van der Waals surface area contributed by atoms with Gasteiger partial charge in [-0.1, -0.05) is 30.3 Å². The molecule has 27 heavy (non-hydrogen) atoms. The number of methoxy groups -OCH3 is 1. The van der Waals surface area contributed by atoms with Crippen LogP contribution in [0, 0.1) is 0 Å². The number of fused-ring (bicyclic) bond motifs is 1. The zero-order valence-corrected chi connectivity index (χ0v) is 15.4. The van der Waals surface area contributed by atoms with Gasteiger partial charge in [0.2, 0.25) is 5.91 Å². The van der Waals surface area contributed by atoms with Gasteiger partial charge in [-0.3, -0.25) is 9.59 Å². The first kappa shape index (κ1) is 17.6. The minimum Gasteiger partial charge on any atom is -0.497 e. The largest absolute Gasteiger partial charge is 0.497 e. The molecule has 2 aromatic carbocycles. The van der Waals surface area contributed by atoms with E-state index in [9.17, 15) is 9.59 Å². The summed E-state index contributed by atoms with van der Waals surface area (Å²) in [5, 5.41) is 0. The number of piperidine rings is 1. The smallest absolute Gasteiger partial charge is 0.226 e. The van der Waals surface area contributed by atoms with Crippen LogP contribution in [0.3, 0.4) is 0 Å². The van der Waals surface area contributed by atoms with Crippen molar-refractivity contribution in [1.82, 2.24) is 4.90 Å². The highest BCUT2D eigenvalue weighted by Crippen LogP contribution is 2.40. The predicted molar refractivity (Wildman–Crippen MR) is 101 cm³/mol. The lowest BCUT2D eigenvalue weighted by atomic mass is 9.82. The van der Waals surface area contributed by atoms with E-state index in [-0.39, 0.29) is 11.7 Å². The highest BCUT2D eigenvalue weighted by Gasteiger charge is 2.43. The van der Waals surface area contributed by atoms with Crippen LogP contribution >= 0.6 is 0 Å². The van der Waals surface area contributed by atoms with Crippen LogP contribution in [0.4, 0.5) is 0 Å². The quantitative estimate of drug-likeness (QED) is 0.838. The lowest BCUT2D eigenvalue weighted by Gasteiger charge is -2.44. The van der Waals surface area contributed by atoms with Crippen LogP contribution in [0.15, 0.2) is 48.5 Å². The minimum atomic E-state index is -0.498. The predicted octanol–water partition coefficient (Wildman–Crippen LogP) is 3.26. The molecule has 0 aliphatic carbocycles. The van der Waals surface area contributed by atoms with E-state index in [4.69, 9.17) is 9.47 Å². The van der Waals surface area contributed by atoms with Crippen molar-refractivity contribution >= 4 is 11.7 Å². The fourth-order valence-electron chi connectivity index (χ4n) is 3.92. The standard InChI is InChI=1S/C22H23NO4/c1-26-17-7-8-20-18(14-17)19(24)15-22(27-20)9-11-23(12-10-22)21(25)13-16-5-3-2-4-6-16/h2-8,14H,9-13,15H2,1H3. The summed E-state index contributed by atoms with van der Waals surface area (Å²) in [5.74, 6) is 1.49. The van der Waals surface area contributed by atoms with Crippen molar-refractivity contribution in [1.29, 1.82) is 0 Å². The van der Waals surface area contributed by atoms with Gasteiger partial charge in [0.25, 0.3) is 0 Å². The first-order valence-electron chi connectivity index (χ1n) is 9.30. The van der Waals surface area contributed by atoms with Crippen molar-refractivity contribution in [2.45, 2.75) is 31.3 Å². The second-order valence-electron chi connectivity index (χ2n) is 7.29. The van der Waals surface area contributed by atoms with Crippen molar-refractivity contribution in [2.24, 2.45) is 0 Å². The number of amides is 1. The summed E-state index contributed by atoms with van der Waals surface area (Å²) in [5.41, 5.74) is 1.11. The summed E-state index contributed by atoms with van der Waals surface area (Å²) < 4.78 is 11.5. The molecule has 1 amide bonds. The van der Waals surface area contributed by atoms with Crippen molar-refractivity contribution < 1.29 is 19.1 Å². The third-order valence-corrected chi connectivity index (χ3v) is 5.52. The highest BCUT2D eigenvalue weighted by atomic mass is 16.5. The maximum atomic E-state index is 12.7. The fraction of sp³-hybridized carbons (Fsp3) is 0.364. The normalized spacial score (nSPS) is 18.0. The second-order valence-corrected chi connectivity index (χ2v) is 7.29. The Morgan fingerprint density at radius 2 is 1.89 bits per heavy atom. The molecule has 0 radical (unpaired) electrons. The Hall–Kier alpha value is -2.82. The summed E-state index contributed by atoms with van der Waals surface area (Å²) >= 11 is 0. The summed E-state index contributed by atoms with van der Waals surface area (Å²) in [6.45, 7) is 1.23. The third kappa shape index (κ3) is 3.54. The molecule has 2 heterocycles. The Kier molecular flexibility index (Phi) is 4.60. The minimum absolute atomic E-state index is 0.0826. The SMILES string of the molecule is COc1ccc2c(c1)C(=O)CC1(CCN(C(=O)Cc3ccccc3)CC1)O2. The van der Waals surface area contributed by atoms with Crippen LogP contribution in [-0.2, 0) is 11.2 Å². The molecule has 4 rings (SSSR count). The Bertz CT molecular complexity index is 854. The average molecular weight is 365 g/mol. The molecule has 140 valence electrons. The van der Waals surface area contributed by atoms with Gasteiger partial charge in [-0.2, -0.15) is 0 Å². The Morgan fingerprint density at radius 1 is 1.15 bits per heavy atom. The molecule has 0 N–H and O–H groups in total. The van der Waals surface area contributed by atoms with Gasteiger partial charge in [0.05, 0.1) is 25.5 Å². The molecule has 0 atom stereocenters. The lowest BCUT2D eigenvalue weighted by Crippen LogP contribution is -2.52. The molecule has 0 saturated carbocycles. The van der Waals surface area contributed by atoms with Crippen molar-refractivity contribution in [3.63, 3.8) is 0 Å². The first-order valence-corrected chi connectivity index (χ1v) is 9.30. The fourth-order valence-corrected chi connectivity index (χ4v) is 3.92. The molecule has 2 aliphatic rings.